The highest BCUT2D eigenvalue weighted by Gasteiger charge is 2.51. The summed E-state index contributed by atoms with van der Waals surface area (Å²) >= 11 is 0. The second kappa shape index (κ2) is 11.5. The van der Waals surface area contributed by atoms with Gasteiger partial charge in [0.15, 0.2) is 0 Å². The van der Waals surface area contributed by atoms with Crippen LogP contribution in [0.5, 0.6) is 5.75 Å². The van der Waals surface area contributed by atoms with Crippen molar-refractivity contribution in [2.45, 2.75) is 44.6 Å². The molecule has 0 bridgehead atoms. The van der Waals surface area contributed by atoms with Gasteiger partial charge in [-0.15, -0.1) is 0 Å². The molecule has 0 radical (unpaired) electrons. The number of fused-ring (bicyclic) bond motifs is 1. The third kappa shape index (κ3) is 6.78. The molecule has 0 spiro atoms. The molecule has 2 heterocycles. The molecule has 3 N–H and O–H groups in total. The van der Waals surface area contributed by atoms with Gasteiger partial charge in [-0.3, -0.25) is 9.36 Å². The molecule has 0 aliphatic carbocycles. The summed E-state index contributed by atoms with van der Waals surface area (Å²) in [5, 5.41) is 4.50. The van der Waals surface area contributed by atoms with E-state index in [0.717, 1.165) is 15.3 Å². The Hall–Kier alpha value is -3.18. The number of esters is 1. The maximum absolute atomic E-state index is 14.8. The summed E-state index contributed by atoms with van der Waals surface area (Å²) in [5.74, 6) is -3.43. The Morgan fingerprint density at radius 3 is 2.78 bits per heavy atom. The Morgan fingerprint density at radius 1 is 1.27 bits per heavy atom. The molecule has 3 atom stereocenters. The minimum absolute atomic E-state index is 0.0239. The van der Waals surface area contributed by atoms with E-state index in [9.17, 15) is 18.4 Å². The van der Waals surface area contributed by atoms with Crippen LogP contribution >= 0.6 is 8.53 Å². The minimum atomic E-state index is -3.30. The van der Waals surface area contributed by atoms with Crippen LogP contribution in [0.4, 0.5) is 14.6 Å². The number of ether oxygens (including phenoxy) is 2. The Morgan fingerprint density at radius 2 is 2.03 bits per heavy atom. The van der Waals surface area contributed by atoms with Gasteiger partial charge in [0.05, 0.1) is 19.1 Å². The summed E-state index contributed by atoms with van der Waals surface area (Å²) in [6.07, 6.45) is -2.74. The van der Waals surface area contributed by atoms with Crippen molar-refractivity contribution < 1.29 is 32.1 Å². The van der Waals surface area contributed by atoms with E-state index in [4.69, 9.17) is 24.3 Å². The molecule has 1 aliphatic heterocycles. The Balaban J connectivity index is 1.48. The van der Waals surface area contributed by atoms with Crippen LogP contribution in [0.15, 0.2) is 59.5 Å². The van der Waals surface area contributed by atoms with Crippen molar-refractivity contribution in [1.29, 1.82) is 0 Å². The van der Waals surface area contributed by atoms with Gasteiger partial charge in [0.1, 0.15) is 30.4 Å². The minimum Gasteiger partial charge on any atom is -0.462 e. The van der Waals surface area contributed by atoms with E-state index in [1.807, 2.05) is 30.3 Å². The first-order valence-corrected chi connectivity index (χ1v) is 12.7. The molecular formula is C24H27F2N4O6P. The number of carbonyl (C=O) groups is 1. The highest BCUT2D eigenvalue weighted by molar-refractivity contribution is 7.45. The van der Waals surface area contributed by atoms with Crippen molar-refractivity contribution in [2.24, 2.45) is 0 Å². The number of anilines is 1. The van der Waals surface area contributed by atoms with Gasteiger partial charge < -0.3 is 24.3 Å². The van der Waals surface area contributed by atoms with Crippen molar-refractivity contribution >= 4 is 31.1 Å². The zero-order valence-corrected chi connectivity index (χ0v) is 21.1. The first kappa shape index (κ1) is 26.9. The Labute approximate surface area is 212 Å². The predicted octanol–water partition coefficient (Wildman–Crippen LogP) is 3.77. The number of alkyl halides is 2. The Bertz CT molecular complexity index is 1300. The van der Waals surface area contributed by atoms with Crippen molar-refractivity contribution in [1.82, 2.24) is 14.6 Å². The van der Waals surface area contributed by atoms with Crippen LogP contribution in [0.3, 0.4) is 0 Å². The summed E-state index contributed by atoms with van der Waals surface area (Å²) < 4.78 is 52.9. The summed E-state index contributed by atoms with van der Waals surface area (Å²) in [7, 11) is -2.07. The molecule has 1 aliphatic rings. The zero-order chi connectivity index (χ0) is 26.6. The molecule has 198 valence electrons. The SMILES string of the molecule is CC(C)OC(=O)CNP(OCC1OC(n2ccc(N)nc2=O)CC1(F)F)Oc1cccc2ccccc12. The van der Waals surface area contributed by atoms with Crippen molar-refractivity contribution in [3.8, 4) is 5.75 Å². The second-order valence-corrected chi connectivity index (χ2v) is 9.85. The van der Waals surface area contributed by atoms with E-state index >= 15 is 0 Å². The number of carbonyl (C=O) groups excluding carboxylic acids is 1. The number of benzene rings is 2. The van der Waals surface area contributed by atoms with Crippen molar-refractivity contribution in [2.75, 3.05) is 18.9 Å². The second-order valence-electron chi connectivity index (χ2n) is 8.58. The fraction of sp³-hybridized carbons (Fsp3) is 0.375. The molecule has 3 aromatic rings. The lowest BCUT2D eigenvalue weighted by Gasteiger charge is -2.23. The number of rotatable bonds is 10. The van der Waals surface area contributed by atoms with E-state index < -0.39 is 51.5 Å². The number of hydrogen-bond donors (Lipinski definition) is 2. The van der Waals surface area contributed by atoms with Gasteiger partial charge in [0.2, 0.25) is 0 Å². The first-order valence-electron chi connectivity index (χ1n) is 11.5. The lowest BCUT2D eigenvalue weighted by molar-refractivity contribution is -0.145. The van der Waals surface area contributed by atoms with Crippen LogP contribution in [0.25, 0.3) is 10.8 Å². The topological polar surface area (TPSA) is 127 Å². The third-order valence-electron chi connectivity index (χ3n) is 5.39. The van der Waals surface area contributed by atoms with Crippen LogP contribution in [-0.2, 0) is 18.8 Å². The van der Waals surface area contributed by atoms with Gasteiger partial charge in [-0.2, -0.15) is 4.98 Å². The zero-order valence-electron chi connectivity index (χ0n) is 20.2. The van der Waals surface area contributed by atoms with Crippen LogP contribution < -0.4 is 21.0 Å². The number of nitrogen functional groups attached to an aromatic ring is 1. The third-order valence-corrected chi connectivity index (χ3v) is 6.56. The standard InChI is InChI=1S/C24H27F2N4O6P/c1-15(2)34-22(31)13-28-37(36-18-9-5-7-16-6-3-4-8-17(16)18)33-14-19-24(25,26)12-21(35-19)30-11-10-20(27)29-23(30)32/h3-11,15,19,21,28H,12-14H2,1-2H3,(H2,27,29,32). The smallest absolute Gasteiger partial charge is 0.351 e. The molecule has 10 nitrogen and oxygen atoms in total. The van der Waals surface area contributed by atoms with Crippen LogP contribution in [0.1, 0.15) is 26.5 Å². The lowest BCUT2D eigenvalue weighted by atomic mass is 10.1. The van der Waals surface area contributed by atoms with Crippen LogP contribution in [0.2, 0.25) is 0 Å². The van der Waals surface area contributed by atoms with Gasteiger partial charge in [-0.25, -0.2) is 18.7 Å². The summed E-state index contributed by atoms with van der Waals surface area (Å²) in [6, 6.07) is 14.2. The van der Waals surface area contributed by atoms with E-state index in [2.05, 4.69) is 10.1 Å². The average molecular weight is 536 g/mol. The molecule has 1 saturated heterocycles. The van der Waals surface area contributed by atoms with Crippen LogP contribution in [0, 0.1) is 0 Å². The normalized spacial score (nSPS) is 19.7. The quantitative estimate of drug-likeness (QED) is 0.294. The first-order chi connectivity index (χ1) is 17.6. The lowest BCUT2D eigenvalue weighted by Crippen LogP contribution is -2.33. The average Bonchev–Trinajstić information content (AvgIpc) is 3.14. The molecule has 0 amide bonds. The molecular weight excluding hydrogens is 509 g/mol. The molecule has 13 heteroatoms. The van der Waals surface area contributed by atoms with Gasteiger partial charge in [-0.05, 0) is 31.4 Å². The van der Waals surface area contributed by atoms with Gasteiger partial charge in [-0.1, -0.05) is 36.4 Å². The molecule has 1 fully saturated rings. The molecule has 1 aromatic heterocycles. The van der Waals surface area contributed by atoms with E-state index in [0.29, 0.717) is 5.75 Å². The van der Waals surface area contributed by atoms with Crippen LogP contribution in [-0.4, -0.2) is 46.8 Å². The van der Waals surface area contributed by atoms with Gasteiger partial charge >= 0.3 is 20.2 Å². The fourth-order valence-electron chi connectivity index (χ4n) is 3.71. The van der Waals surface area contributed by atoms with Gasteiger partial charge in [0, 0.05) is 11.6 Å². The maximum atomic E-state index is 14.8. The number of aromatic nitrogens is 2. The predicted molar refractivity (Wildman–Crippen MR) is 133 cm³/mol. The number of halogens is 2. The molecule has 3 unspecified atom stereocenters. The maximum Gasteiger partial charge on any atom is 0.351 e. The van der Waals surface area contributed by atoms with Crippen molar-refractivity contribution in [3.05, 3.63) is 65.2 Å². The highest BCUT2D eigenvalue weighted by Crippen LogP contribution is 2.44. The summed E-state index contributed by atoms with van der Waals surface area (Å²) in [4.78, 5) is 27.7. The Kier molecular flexibility index (Phi) is 8.33. The molecule has 37 heavy (non-hydrogen) atoms. The van der Waals surface area contributed by atoms with Crippen molar-refractivity contribution in [3.63, 3.8) is 0 Å². The van der Waals surface area contributed by atoms with E-state index in [1.165, 1.54) is 12.3 Å². The summed E-state index contributed by atoms with van der Waals surface area (Å²) in [5.41, 5.74) is 4.68. The monoisotopic (exact) mass is 536 g/mol. The van der Waals surface area contributed by atoms with E-state index in [-0.39, 0.29) is 18.5 Å². The molecule has 2 aromatic carbocycles. The fourth-order valence-corrected chi connectivity index (χ4v) is 4.79. The van der Waals surface area contributed by atoms with Gasteiger partial charge in [0.25, 0.3) is 5.92 Å². The number of hydrogen-bond acceptors (Lipinski definition) is 9. The molecule has 4 rings (SSSR count). The summed E-state index contributed by atoms with van der Waals surface area (Å²) in [6.45, 7) is 2.60. The largest absolute Gasteiger partial charge is 0.462 e. The number of nitrogens with one attached hydrogen (secondary N) is 1. The van der Waals surface area contributed by atoms with E-state index in [1.54, 1.807) is 26.0 Å². The molecule has 0 saturated carbocycles. The number of nitrogens with two attached hydrogens (primary N) is 1. The number of nitrogens with zero attached hydrogens (tertiary/aromatic N) is 2. The highest BCUT2D eigenvalue weighted by atomic mass is 31.2.